The van der Waals surface area contributed by atoms with Crippen molar-refractivity contribution in [1.82, 2.24) is 4.90 Å². The average Bonchev–Trinajstić information content (AvgIpc) is 2.28. The van der Waals surface area contributed by atoms with Crippen LogP contribution in [0.5, 0.6) is 0 Å². The molecular formula is C12H15BrFN3. The van der Waals surface area contributed by atoms with E-state index in [4.69, 9.17) is 5.26 Å². The number of rotatable bonds is 2. The maximum Gasteiger partial charge on any atom is 0.144 e. The quantitative estimate of drug-likeness (QED) is 0.617. The fourth-order valence-corrected chi connectivity index (χ4v) is 1.37. The standard InChI is InChI=1S/C10H9BrFN3.C2H6/c1-15(2)6-14-10-4-7(11)3-9(12)8(10)5-13;1-2/h3-4,6H,1-2H3;1-2H3. The summed E-state index contributed by atoms with van der Waals surface area (Å²) in [4.78, 5) is 5.71. The largest absolute Gasteiger partial charge is 0.369 e. The molecule has 0 bridgehead atoms. The van der Waals surface area contributed by atoms with Crippen molar-refractivity contribution < 1.29 is 4.39 Å². The highest BCUT2D eigenvalue weighted by Crippen LogP contribution is 2.26. The van der Waals surface area contributed by atoms with E-state index in [1.165, 1.54) is 12.4 Å². The zero-order valence-corrected chi connectivity index (χ0v) is 11.9. The lowest BCUT2D eigenvalue weighted by Crippen LogP contribution is -2.07. The minimum Gasteiger partial charge on any atom is -0.369 e. The lowest BCUT2D eigenvalue weighted by molar-refractivity contribution is 0.622. The van der Waals surface area contributed by atoms with Crippen LogP contribution in [0.25, 0.3) is 0 Å². The highest BCUT2D eigenvalue weighted by atomic mass is 79.9. The molecule has 0 aliphatic rings. The summed E-state index contributed by atoms with van der Waals surface area (Å²) in [6.45, 7) is 4.00. The van der Waals surface area contributed by atoms with Gasteiger partial charge in [-0.05, 0) is 12.1 Å². The number of halogens is 2. The minimum atomic E-state index is -0.571. The van der Waals surface area contributed by atoms with Gasteiger partial charge in [0.05, 0.1) is 12.0 Å². The molecule has 0 amide bonds. The predicted molar refractivity (Wildman–Crippen MR) is 72.0 cm³/mol. The van der Waals surface area contributed by atoms with Gasteiger partial charge in [-0.15, -0.1) is 0 Å². The highest BCUT2D eigenvalue weighted by Gasteiger charge is 2.08. The van der Waals surface area contributed by atoms with Crippen LogP contribution in [0.4, 0.5) is 10.1 Å². The van der Waals surface area contributed by atoms with E-state index in [0.29, 0.717) is 10.2 Å². The van der Waals surface area contributed by atoms with Crippen LogP contribution in [0.15, 0.2) is 21.6 Å². The Morgan fingerprint density at radius 2 is 2.00 bits per heavy atom. The summed E-state index contributed by atoms with van der Waals surface area (Å²) in [5, 5.41) is 8.76. The van der Waals surface area contributed by atoms with Crippen molar-refractivity contribution in [3.63, 3.8) is 0 Å². The second-order valence-corrected chi connectivity index (χ2v) is 4.02. The van der Waals surface area contributed by atoms with Gasteiger partial charge in [0.1, 0.15) is 17.4 Å². The fourth-order valence-electron chi connectivity index (χ4n) is 0.950. The Kier molecular flexibility index (Phi) is 7.15. The van der Waals surface area contributed by atoms with Gasteiger partial charge >= 0.3 is 0 Å². The SMILES string of the molecule is CC.CN(C)C=Nc1cc(Br)cc(F)c1C#N. The smallest absolute Gasteiger partial charge is 0.144 e. The number of hydrogen-bond acceptors (Lipinski definition) is 2. The van der Waals surface area contributed by atoms with Crippen molar-refractivity contribution in [1.29, 1.82) is 5.26 Å². The molecular weight excluding hydrogens is 285 g/mol. The van der Waals surface area contributed by atoms with Crippen molar-refractivity contribution >= 4 is 28.0 Å². The van der Waals surface area contributed by atoms with Gasteiger partial charge in [0.15, 0.2) is 0 Å². The van der Waals surface area contributed by atoms with Crippen molar-refractivity contribution in [3.05, 3.63) is 28.0 Å². The summed E-state index contributed by atoms with van der Waals surface area (Å²) in [7, 11) is 3.59. The second kappa shape index (κ2) is 7.80. The van der Waals surface area contributed by atoms with Crippen LogP contribution in [0, 0.1) is 17.1 Å². The molecule has 0 N–H and O–H groups in total. The van der Waals surface area contributed by atoms with E-state index in [2.05, 4.69) is 20.9 Å². The van der Waals surface area contributed by atoms with Crippen molar-refractivity contribution in [2.24, 2.45) is 4.99 Å². The Hall–Kier alpha value is -1.41. The third-order valence-electron chi connectivity index (χ3n) is 1.57. The first kappa shape index (κ1) is 15.6. The number of nitrogens with zero attached hydrogens (tertiary/aromatic N) is 3. The molecule has 0 atom stereocenters. The predicted octanol–water partition coefficient (Wildman–Crippen LogP) is 3.71. The lowest BCUT2D eigenvalue weighted by atomic mass is 10.2. The maximum atomic E-state index is 13.3. The van der Waals surface area contributed by atoms with Crippen LogP contribution in [-0.4, -0.2) is 25.3 Å². The molecule has 0 radical (unpaired) electrons. The number of aliphatic imine (C=N–C) groups is 1. The van der Waals surface area contributed by atoms with Crippen molar-refractivity contribution in [2.75, 3.05) is 14.1 Å². The van der Waals surface area contributed by atoms with E-state index in [-0.39, 0.29) is 5.56 Å². The Bertz CT molecular complexity index is 436. The van der Waals surface area contributed by atoms with Crippen molar-refractivity contribution in [2.45, 2.75) is 13.8 Å². The third kappa shape index (κ3) is 4.96. The molecule has 0 aliphatic carbocycles. The minimum absolute atomic E-state index is 0.0451. The first-order valence-electron chi connectivity index (χ1n) is 5.14. The normalized spacial score (nSPS) is 9.47. The van der Waals surface area contributed by atoms with Gasteiger partial charge in [-0.25, -0.2) is 9.38 Å². The molecule has 0 unspecified atom stereocenters. The van der Waals surface area contributed by atoms with E-state index in [1.807, 2.05) is 13.8 Å². The summed E-state index contributed by atoms with van der Waals surface area (Å²) in [6, 6.07) is 4.63. The summed E-state index contributed by atoms with van der Waals surface area (Å²) in [6.07, 6.45) is 1.52. The van der Waals surface area contributed by atoms with E-state index < -0.39 is 5.82 Å². The number of hydrogen-bond donors (Lipinski definition) is 0. The first-order valence-corrected chi connectivity index (χ1v) is 5.93. The molecule has 92 valence electrons. The summed E-state index contributed by atoms with van der Waals surface area (Å²) in [5.74, 6) is -0.571. The zero-order chi connectivity index (χ0) is 13.4. The van der Waals surface area contributed by atoms with Crippen LogP contribution in [0.3, 0.4) is 0 Å². The third-order valence-corrected chi connectivity index (χ3v) is 2.03. The van der Waals surface area contributed by atoms with Crippen LogP contribution in [0.1, 0.15) is 19.4 Å². The van der Waals surface area contributed by atoms with Gasteiger partial charge in [-0.2, -0.15) is 5.26 Å². The molecule has 3 nitrogen and oxygen atoms in total. The van der Waals surface area contributed by atoms with Gasteiger partial charge in [-0.3, -0.25) is 0 Å². The Balaban J connectivity index is 0.00000121. The Morgan fingerprint density at radius 3 is 2.47 bits per heavy atom. The van der Waals surface area contributed by atoms with Gasteiger partial charge in [-0.1, -0.05) is 29.8 Å². The summed E-state index contributed by atoms with van der Waals surface area (Å²) >= 11 is 3.15. The molecule has 0 aromatic heterocycles. The molecule has 0 heterocycles. The molecule has 0 aliphatic heterocycles. The maximum absolute atomic E-state index is 13.3. The van der Waals surface area contributed by atoms with Crippen LogP contribution in [-0.2, 0) is 0 Å². The van der Waals surface area contributed by atoms with E-state index in [0.717, 1.165) is 0 Å². The van der Waals surface area contributed by atoms with Gasteiger partial charge < -0.3 is 4.90 Å². The monoisotopic (exact) mass is 299 g/mol. The molecule has 17 heavy (non-hydrogen) atoms. The van der Waals surface area contributed by atoms with Crippen LogP contribution < -0.4 is 0 Å². The topological polar surface area (TPSA) is 39.4 Å². The number of benzene rings is 1. The molecule has 0 saturated heterocycles. The second-order valence-electron chi connectivity index (χ2n) is 3.10. The molecule has 1 aromatic carbocycles. The molecule has 1 aromatic rings. The highest BCUT2D eigenvalue weighted by molar-refractivity contribution is 9.10. The van der Waals surface area contributed by atoms with Gasteiger partial charge in [0, 0.05) is 18.6 Å². The van der Waals surface area contributed by atoms with E-state index in [1.54, 1.807) is 31.1 Å². The molecule has 0 spiro atoms. The molecule has 5 heteroatoms. The molecule has 0 fully saturated rings. The molecule has 0 saturated carbocycles. The number of nitriles is 1. The lowest BCUT2D eigenvalue weighted by Gasteiger charge is -2.04. The van der Waals surface area contributed by atoms with Crippen molar-refractivity contribution in [3.8, 4) is 6.07 Å². The Labute approximate surface area is 110 Å². The zero-order valence-electron chi connectivity index (χ0n) is 10.3. The van der Waals surface area contributed by atoms with E-state index >= 15 is 0 Å². The van der Waals surface area contributed by atoms with Crippen LogP contribution in [0.2, 0.25) is 0 Å². The fraction of sp³-hybridized carbons (Fsp3) is 0.333. The first-order chi connectivity index (χ1) is 8.04. The summed E-state index contributed by atoms with van der Waals surface area (Å²) < 4.78 is 13.9. The Morgan fingerprint density at radius 1 is 1.41 bits per heavy atom. The van der Waals surface area contributed by atoms with Gasteiger partial charge in [0.2, 0.25) is 0 Å². The average molecular weight is 300 g/mol. The van der Waals surface area contributed by atoms with E-state index in [9.17, 15) is 4.39 Å². The molecule has 1 rings (SSSR count). The summed E-state index contributed by atoms with van der Waals surface area (Å²) in [5.41, 5.74) is 0.273. The van der Waals surface area contributed by atoms with Crippen LogP contribution >= 0.6 is 15.9 Å². The van der Waals surface area contributed by atoms with Gasteiger partial charge in [0.25, 0.3) is 0 Å².